The number of benzene rings is 2. The molecule has 1 saturated carbocycles. The van der Waals surface area contributed by atoms with E-state index >= 15 is 0 Å². The summed E-state index contributed by atoms with van der Waals surface area (Å²) >= 11 is 0. The van der Waals surface area contributed by atoms with Gasteiger partial charge in [0, 0.05) is 33.1 Å². The summed E-state index contributed by atoms with van der Waals surface area (Å²) < 4.78 is 16.1. The third-order valence-corrected chi connectivity index (χ3v) is 14.8. The molecule has 2 aromatic carbocycles. The van der Waals surface area contributed by atoms with Crippen molar-refractivity contribution in [2.75, 3.05) is 47.4 Å². The minimum atomic E-state index is -0.610. The zero-order valence-corrected chi connectivity index (χ0v) is 64.7. The Labute approximate surface area is 565 Å². The minimum absolute atomic E-state index is 0. The van der Waals surface area contributed by atoms with E-state index in [1.165, 1.54) is 80.1 Å². The Morgan fingerprint density at radius 1 is 0.716 bits per heavy atom. The predicted octanol–water partition coefficient (Wildman–Crippen LogP) is 17.3. The zero-order chi connectivity index (χ0) is 67.8. The first kappa shape index (κ1) is 92.7. The summed E-state index contributed by atoms with van der Waals surface area (Å²) in [5.41, 5.74) is 4.17. The third-order valence-electron chi connectivity index (χ3n) is 14.8. The van der Waals surface area contributed by atoms with Crippen molar-refractivity contribution < 1.29 is 74.1 Å². The van der Waals surface area contributed by atoms with Gasteiger partial charge in [0.15, 0.2) is 18.5 Å². The second-order valence-corrected chi connectivity index (χ2v) is 25.1. The van der Waals surface area contributed by atoms with E-state index in [2.05, 4.69) is 117 Å². The maximum Gasteiger partial charge on any atom is 2.00 e. The van der Waals surface area contributed by atoms with Crippen molar-refractivity contribution in [2.45, 2.75) is 241 Å². The van der Waals surface area contributed by atoms with Gasteiger partial charge in [-0.3, -0.25) is 24.1 Å². The number of hydrogen-bond donors (Lipinski definition) is 0. The average Bonchev–Trinajstić information content (AvgIpc) is 3.88. The molecule has 2 fully saturated rings. The van der Waals surface area contributed by atoms with Gasteiger partial charge in [-0.05, 0) is 133 Å². The number of aryl methyl sites for hydroxylation is 2. The second kappa shape index (κ2) is 56.9. The molecule has 88 heavy (non-hydrogen) atoms. The number of fused-ring (bicyclic) bond motifs is 2. The summed E-state index contributed by atoms with van der Waals surface area (Å²) in [5.74, 6) is 3.44. The molecule has 2 aliphatic rings. The topological polar surface area (TPSA) is 140 Å². The number of amides is 1. The molecule has 504 valence electrons. The maximum atomic E-state index is 12.8. The molecule has 0 aromatic heterocycles. The molecule has 2 aromatic rings. The van der Waals surface area contributed by atoms with Crippen LogP contribution in [0.5, 0.6) is 0 Å². The Bertz CT molecular complexity index is 2080. The van der Waals surface area contributed by atoms with E-state index in [9.17, 15) is 28.8 Å². The molecule has 1 amide bonds. The van der Waals surface area contributed by atoms with Crippen LogP contribution in [-0.4, -0.2) is 116 Å². The van der Waals surface area contributed by atoms with Crippen molar-refractivity contribution in [3.8, 4) is 0 Å². The van der Waals surface area contributed by atoms with E-state index in [-0.39, 0.29) is 96.8 Å². The van der Waals surface area contributed by atoms with Crippen LogP contribution in [0.15, 0.2) is 79.6 Å². The number of piperidine rings is 1. The van der Waals surface area contributed by atoms with Crippen molar-refractivity contribution in [1.29, 1.82) is 0 Å². The van der Waals surface area contributed by atoms with Gasteiger partial charge in [0.05, 0.1) is 17.9 Å². The van der Waals surface area contributed by atoms with Gasteiger partial charge in [-0.15, -0.1) is 0 Å². The standard InChI is InChI=1S/C25H45NO5.C17H25N.C10H18O2.C8H16NO.C7H8.C4H7O.2C2H6.U/c1-11-18(7)21(13-16(3)4)25(29)30-15-24(28)26(10)22(14-17(5)6)19(8)31-20(9)23(27)12-2;1-14-6-8-15(9-7-14)11-18-12-16-4-2-3-5-17(10-16)13-18;1-5-6-12-10(11)9(4)7-8(2)3;1-7(2)5-8(6-10)9(3)4;1-7-5-3-2-4-6-7;1-3-4(2)5;2*1-2;/h16-18,20-22H,8,11-15H2,1-7,9-10H3;6-9,16-17H,2-5,10-13H2,1H3;5,8-9H,1,6-7H2,2-4H3;7-8H,5H2,1-4H3;2-6H,1H3;3H,1-2H3;2*1-2H3;/q;;;-1;;-1;;;+2. The van der Waals surface area contributed by atoms with Crippen LogP contribution in [0.3, 0.4) is 0 Å². The van der Waals surface area contributed by atoms with Crippen LogP contribution in [-0.2, 0) is 49.5 Å². The van der Waals surface area contributed by atoms with E-state index < -0.39 is 12.1 Å². The van der Waals surface area contributed by atoms with Crippen LogP contribution in [0.2, 0.25) is 0 Å². The number of carbonyl (C=O) groups is 5. The molecule has 1 aliphatic heterocycles. The fraction of sp³-hybridized carbons (Fsp3) is 0.693. The minimum Gasteiger partial charge on any atom is -0.540 e. The SMILES string of the molecule is C=C(OC(C)C(=O)CC)C(CC(C)C)N(C)C(=O)COC(=O)C(CC(C)C)C(C)CC.C=CCOC(=O)C(C)CC(C)C.CC.CC.CC(C)CC([C-]=O)N(C)C.C[CH-]C(C)=O.Cc1ccc(CN2CC3CCCCC(C3)C2)cc1.Cc1ccccc1.[U+2]. The van der Waals surface area contributed by atoms with E-state index in [4.69, 9.17) is 14.2 Å². The largest absolute Gasteiger partial charge is 2.00 e. The van der Waals surface area contributed by atoms with E-state index in [1.807, 2.05) is 98.9 Å². The van der Waals surface area contributed by atoms with Crippen LogP contribution < -0.4 is 0 Å². The number of rotatable bonds is 27. The Balaban J connectivity index is -0.000000340. The van der Waals surface area contributed by atoms with Crippen LogP contribution in [0.25, 0.3) is 0 Å². The molecule has 13 heteroatoms. The second-order valence-electron chi connectivity index (χ2n) is 25.1. The van der Waals surface area contributed by atoms with Crippen molar-refractivity contribution in [1.82, 2.24) is 14.7 Å². The molecule has 1 aliphatic carbocycles. The number of ketones is 2. The zero-order valence-electron chi connectivity index (χ0n) is 60.5. The molecule has 0 spiro atoms. The molecular formula is C75H131N3O9U. The first-order valence-corrected chi connectivity index (χ1v) is 33.2. The fourth-order valence-electron chi connectivity index (χ4n) is 9.70. The van der Waals surface area contributed by atoms with E-state index in [1.54, 1.807) is 33.9 Å². The number of likely N-dealkylation sites (N-methyl/N-ethyl adjacent to an activating group) is 2. The Morgan fingerprint density at radius 3 is 1.57 bits per heavy atom. The molecule has 4 rings (SSSR count). The summed E-state index contributed by atoms with van der Waals surface area (Å²) in [6.45, 7) is 52.9. The van der Waals surface area contributed by atoms with Gasteiger partial charge in [0.25, 0.3) is 5.91 Å². The van der Waals surface area contributed by atoms with Gasteiger partial charge in [0.1, 0.15) is 12.4 Å². The maximum absolute atomic E-state index is 12.8. The number of likely N-dealkylation sites (tertiary alicyclic amines) is 1. The van der Waals surface area contributed by atoms with Gasteiger partial charge in [-0.25, -0.2) is 6.29 Å². The van der Waals surface area contributed by atoms with E-state index in [0.29, 0.717) is 43.0 Å². The van der Waals surface area contributed by atoms with Gasteiger partial charge >= 0.3 is 43.1 Å². The Hall–Kier alpha value is -4.02. The van der Waals surface area contributed by atoms with Crippen LogP contribution in [0.1, 0.15) is 219 Å². The van der Waals surface area contributed by atoms with Gasteiger partial charge < -0.3 is 40.0 Å². The molecule has 12 nitrogen and oxygen atoms in total. The summed E-state index contributed by atoms with van der Waals surface area (Å²) in [7, 11) is 5.46. The smallest absolute Gasteiger partial charge is 0.540 e. The number of ether oxygens (including phenoxy) is 3. The van der Waals surface area contributed by atoms with Crippen LogP contribution in [0.4, 0.5) is 0 Å². The van der Waals surface area contributed by atoms with Crippen molar-refractivity contribution in [3.63, 3.8) is 0 Å². The molecule has 0 N–H and O–H groups in total. The first-order valence-electron chi connectivity index (χ1n) is 33.2. The molecule has 2 bridgehead atoms. The van der Waals surface area contributed by atoms with Gasteiger partial charge in [-0.2, -0.15) is 6.92 Å². The molecular weight excluding hydrogens is 1320 g/mol. The summed E-state index contributed by atoms with van der Waals surface area (Å²) in [6.07, 6.45) is 16.3. The molecule has 0 radical (unpaired) electrons. The monoisotopic (exact) mass is 1460 g/mol. The summed E-state index contributed by atoms with van der Waals surface area (Å²) in [5, 5.41) is 0. The van der Waals surface area contributed by atoms with Crippen molar-refractivity contribution in [3.05, 3.63) is 103 Å². The first-order chi connectivity index (χ1) is 41.0. The normalized spacial score (nSPS) is 15.8. The quantitative estimate of drug-likeness (QED) is 0.0365. The predicted molar refractivity (Wildman–Crippen MR) is 368 cm³/mol. The number of carbonyl (C=O) groups excluding carboxylic acids is 6. The van der Waals surface area contributed by atoms with Gasteiger partial charge in [0.2, 0.25) is 0 Å². The molecule has 1 saturated heterocycles. The summed E-state index contributed by atoms with van der Waals surface area (Å²) in [4.78, 5) is 74.7. The number of Topliss-reactive ketones (excluding diaryl/α,β-unsaturated/α-hetero) is 2. The van der Waals surface area contributed by atoms with Crippen molar-refractivity contribution >= 4 is 35.7 Å². The Kier molecular flexibility index (Phi) is 60.0. The van der Waals surface area contributed by atoms with Crippen LogP contribution >= 0.6 is 0 Å². The number of nitrogens with zero attached hydrogens (tertiary/aromatic N) is 3. The fourth-order valence-corrected chi connectivity index (χ4v) is 9.70. The third kappa shape index (κ3) is 47.9. The number of esters is 2. The Morgan fingerprint density at radius 2 is 1.19 bits per heavy atom. The average molecular weight is 1460 g/mol. The van der Waals surface area contributed by atoms with Crippen LogP contribution in [0, 0.1) is 105 Å². The summed E-state index contributed by atoms with van der Waals surface area (Å²) in [6, 6.07) is 18.9. The molecule has 8 unspecified atom stereocenters. The number of hydrogen-bond acceptors (Lipinski definition) is 11. The molecule has 1 heterocycles. The molecule has 8 atom stereocenters. The van der Waals surface area contributed by atoms with Gasteiger partial charge in [-0.1, -0.05) is 227 Å². The van der Waals surface area contributed by atoms with E-state index in [0.717, 1.165) is 44.1 Å². The van der Waals surface area contributed by atoms with Crippen molar-refractivity contribution in [2.24, 2.45) is 53.3 Å².